The van der Waals surface area contributed by atoms with Gasteiger partial charge in [0.25, 0.3) is 0 Å². The highest BCUT2D eigenvalue weighted by molar-refractivity contribution is 5.87. The molecule has 0 spiro atoms. The Kier molecular flexibility index (Phi) is 4.80. The maximum Gasteiger partial charge on any atom is 0.307 e. The van der Waals surface area contributed by atoms with E-state index in [-0.39, 0.29) is 23.7 Å². The lowest BCUT2D eigenvalue weighted by molar-refractivity contribution is -0.151. The summed E-state index contributed by atoms with van der Waals surface area (Å²) in [6.45, 7) is 8.88. The number of amides is 1. The number of rotatable bonds is 5. The standard InChI is InChI=1S/C20H28N4O3/c1-3-24-13(2)16(11-21-24)12-22-6-8-23(9-7-22)19(25)17-14-4-5-15(10-14)18(17)20(26)27/h4-5,11,14-15,17-18H,3,6-10,12H2,1-2H3,(H,26,27)/t14-,15-,17+,18-/m0/s1. The minimum Gasteiger partial charge on any atom is -0.481 e. The molecule has 146 valence electrons. The van der Waals surface area contributed by atoms with Crippen LogP contribution in [0.4, 0.5) is 0 Å². The summed E-state index contributed by atoms with van der Waals surface area (Å²) in [7, 11) is 0. The molecular weight excluding hydrogens is 344 g/mol. The molecule has 1 N–H and O–H groups in total. The number of piperazine rings is 1. The zero-order valence-electron chi connectivity index (χ0n) is 16.0. The van der Waals surface area contributed by atoms with Crippen LogP contribution in [0, 0.1) is 30.6 Å². The molecule has 1 amide bonds. The molecule has 2 aliphatic carbocycles. The van der Waals surface area contributed by atoms with Gasteiger partial charge in [-0.15, -0.1) is 0 Å². The Morgan fingerprint density at radius 3 is 2.41 bits per heavy atom. The molecule has 2 bridgehead atoms. The third-order valence-corrected chi connectivity index (χ3v) is 6.61. The molecule has 0 radical (unpaired) electrons. The topological polar surface area (TPSA) is 78.7 Å². The van der Waals surface area contributed by atoms with Gasteiger partial charge in [-0.25, -0.2) is 0 Å². The van der Waals surface area contributed by atoms with E-state index in [0.717, 1.165) is 32.6 Å². The number of allylic oxidation sites excluding steroid dienone is 2. The minimum atomic E-state index is -0.827. The van der Waals surface area contributed by atoms with Crippen molar-refractivity contribution in [1.82, 2.24) is 19.6 Å². The van der Waals surface area contributed by atoms with Gasteiger partial charge in [0.05, 0.1) is 18.0 Å². The van der Waals surface area contributed by atoms with E-state index in [1.54, 1.807) is 0 Å². The van der Waals surface area contributed by atoms with Crippen molar-refractivity contribution in [2.75, 3.05) is 26.2 Å². The van der Waals surface area contributed by atoms with Crippen molar-refractivity contribution in [2.45, 2.75) is 33.4 Å². The number of nitrogens with zero attached hydrogens (tertiary/aromatic N) is 4. The molecule has 4 rings (SSSR count). The van der Waals surface area contributed by atoms with Crippen molar-refractivity contribution >= 4 is 11.9 Å². The van der Waals surface area contributed by atoms with Crippen LogP contribution in [0.5, 0.6) is 0 Å². The highest BCUT2D eigenvalue weighted by Crippen LogP contribution is 2.48. The number of carbonyl (C=O) groups excluding carboxylic acids is 1. The van der Waals surface area contributed by atoms with Crippen molar-refractivity contribution < 1.29 is 14.7 Å². The highest BCUT2D eigenvalue weighted by Gasteiger charge is 2.52. The third-order valence-electron chi connectivity index (χ3n) is 6.61. The predicted octanol–water partition coefficient (Wildman–Crippen LogP) is 1.38. The van der Waals surface area contributed by atoms with Crippen molar-refractivity contribution in [3.8, 4) is 0 Å². The first-order chi connectivity index (χ1) is 13.0. The molecule has 0 aromatic carbocycles. The largest absolute Gasteiger partial charge is 0.481 e. The lowest BCUT2D eigenvalue weighted by Gasteiger charge is -2.37. The van der Waals surface area contributed by atoms with Crippen molar-refractivity contribution in [3.05, 3.63) is 29.6 Å². The van der Waals surface area contributed by atoms with Crippen LogP contribution >= 0.6 is 0 Å². The molecule has 1 saturated heterocycles. The van der Waals surface area contributed by atoms with Crippen LogP contribution < -0.4 is 0 Å². The van der Waals surface area contributed by atoms with Gasteiger partial charge in [-0.3, -0.25) is 19.2 Å². The van der Waals surface area contributed by atoms with E-state index in [0.29, 0.717) is 13.1 Å². The number of aliphatic carboxylic acids is 1. The lowest BCUT2D eigenvalue weighted by Crippen LogP contribution is -2.52. The van der Waals surface area contributed by atoms with E-state index in [2.05, 4.69) is 29.9 Å². The molecule has 1 aliphatic heterocycles. The Balaban J connectivity index is 1.36. The van der Waals surface area contributed by atoms with Crippen LogP contribution in [-0.2, 0) is 22.7 Å². The number of fused-ring (bicyclic) bond motifs is 2. The van der Waals surface area contributed by atoms with Crippen LogP contribution in [0.25, 0.3) is 0 Å². The Labute approximate surface area is 159 Å². The highest BCUT2D eigenvalue weighted by atomic mass is 16.4. The number of hydrogen-bond acceptors (Lipinski definition) is 4. The summed E-state index contributed by atoms with van der Waals surface area (Å²) in [6, 6.07) is 0. The second kappa shape index (κ2) is 7.11. The van der Waals surface area contributed by atoms with Crippen LogP contribution in [0.3, 0.4) is 0 Å². The number of aryl methyl sites for hydroxylation is 1. The summed E-state index contributed by atoms with van der Waals surface area (Å²) in [6.07, 6.45) is 6.80. The second-order valence-corrected chi connectivity index (χ2v) is 8.01. The smallest absolute Gasteiger partial charge is 0.307 e. The Morgan fingerprint density at radius 2 is 1.81 bits per heavy atom. The van der Waals surface area contributed by atoms with E-state index in [1.165, 1.54) is 11.3 Å². The number of carboxylic acids is 1. The van der Waals surface area contributed by atoms with Crippen LogP contribution in [-0.4, -0.2) is 62.7 Å². The van der Waals surface area contributed by atoms with Gasteiger partial charge < -0.3 is 10.0 Å². The van der Waals surface area contributed by atoms with E-state index >= 15 is 0 Å². The van der Waals surface area contributed by atoms with E-state index in [9.17, 15) is 14.7 Å². The molecule has 3 aliphatic rings. The fraction of sp³-hybridized carbons (Fsp3) is 0.650. The zero-order valence-corrected chi connectivity index (χ0v) is 16.0. The summed E-state index contributed by atoms with van der Waals surface area (Å²) in [4.78, 5) is 29.0. The maximum absolute atomic E-state index is 13.1. The number of aromatic nitrogens is 2. The second-order valence-electron chi connectivity index (χ2n) is 8.01. The molecule has 1 saturated carbocycles. The zero-order chi connectivity index (χ0) is 19.1. The van der Waals surface area contributed by atoms with Gasteiger partial charge in [0.2, 0.25) is 5.91 Å². The van der Waals surface area contributed by atoms with Crippen molar-refractivity contribution in [1.29, 1.82) is 0 Å². The van der Waals surface area contributed by atoms with Gasteiger partial charge in [-0.2, -0.15) is 5.10 Å². The van der Waals surface area contributed by atoms with Gasteiger partial charge >= 0.3 is 5.97 Å². The van der Waals surface area contributed by atoms with Crippen LogP contribution in [0.1, 0.15) is 24.6 Å². The third kappa shape index (κ3) is 3.18. The molecule has 7 heteroatoms. The average molecular weight is 372 g/mol. The number of carbonyl (C=O) groups is 2. The first-order valence-corrected chi connectivity index (χ1v) is 9.93. The van der Waals surface area contributed by atoms with E-state index in [1.807, 2.05) is 21.9 Å². The minimum absolute atomic E-state index is 0.0285. The number of hydrogen-bond donors (Lipinski definition) is 1. The first kappa shape index (κ1) is 18.2. The first-order valence-electron chi connectivity index (χ1n) is 9.93. The molecule has 27 heavy (non-hydrogen) atoms. The molecule has 1 aromatic heterocycles. The fourth-order valence-corrected chi connectivity index (χ4v) is 5.03. The maximum atomic E-state index is 13.1. The summed E-state index contributed by atoms with van der Waals surface area (Å²) in [5.41, 5.74) is 2.44. The molecule has 2 heterocycles. The fourth-order valence-electron chi connectivity index (χ4n) is 5.03. The molecule has 7 nitrogen and oxygen atoms in total. The Bertz CT molecular complexity index is 763. The monoisotopic (exact) mass is 372 g/mol. The normalized spacial score (nSPS) is 30.2. The average Bonchev–Trinajstić information content (AvgIpc) is 3.37. The summed E-state index contributed by atoms with van der Waals surface area (Å²) in [5.74, 6) is -1.59. The van der Waals surface area contributed by atoms with Gasteiger partial charge in [-0.1, -0.05) is 12.2 Å². The van der Waals surface area contributed by atoms with Crippen molar-refractivity contribution in [2.24, 2.45) is 23.7 Å². The molecular formula is C20H28N4O3. The molecule has 0 unspecified atom stereocenters. The van der Waals surface area contributed by atoms with E-state index < -0.39 is 11.9 Å². The van der Waals surface area contributed by atoms with Gasteiger partial charge in [0.1, 0.15) is 0 Å². The molecule has 1 aromatic rings. The Hall–Kier alpha value is -2.15. The summed E-state index contributed by atoms with van der Waals surface area (Å²) < 4.78 is 2.00. The summed E-state index contributed by atoms with van der Waals surface area (Å²) in [5, 5.41) is 14.0. The SMILES string of the molecule is CCn1ncc(CN2CCN(C(=O)[C@H]3[C@@H](C(=O)O)[C@H]4C=C[C@H]3C4)CC2)c1C. The Morgan fingerprint density at radius 1 is 1.15 bits per heavy atom. The number of carboxylic acid groups (broad SMARTS) is 1. The molecule has 4 atom stereocenters. The van der Waals surface area contributed by atoms with Gasteiger partial charge in [-0.05, 0) is 32.1 Å². The summed E-state index contributed by atoms with van der Waals surface area (Å²) >= 11 is 0. The van der Waals surface area contributed by atoms with E-state index in [4.69, 9.17) is 0 Å². The lowest BCUT2D eigenvalue weighted by atomic mass is 9.82. The van der Waals surface area contributed by atoms with Crippen LogP contribution in [0.15, 0.2) is 18.3 Å². The van der Waals surface area contributed by atoms with Gasteiger partial charge in [0.15, 0.2) is 0 Å². The molecule has 2 fully saturated rings. The van der Waals surface area contributed by atoms with Gasteiger partial charge in [0, 0.05) is 50.5 Å². The van der Waals surface area contributed by atoms with Crippen molar-refractivity contribution in [3.63, 3.8) is 0 Å². The quantitative estimate of drug-likeness (QED) is 0.790. The predicted molar refractivity (Wildman–Crippen MR) is 99.8 cm³/mol. The van der Waals surface area contributed by atoms with Crippen LogP contribution in [0.2, 0.25) is 0 Å².